The van der Waals surface area contributed by atoms with Gasteiger partial charge in [0.25, 0.3) is 0 Å². The van der Waals surface area contributed by atoms with Crippen LogP contribution >= 0.6 is 0 Å². The second-order valence-corrected chi connectivity index (χ2v) is 6.38. The van der Waals surface area contributed by atoms with Gasteiger partial charge in [0.05, 0.1) is 5.92 Å². The Balaban J connectivity index is 2.58. The van der Waals surface area contributed by atoms with Gasteiger partial charge in [-0.2, -0.15) is 5.48 Å². The lowest BCUT2D eigenvalue weighted by atomic mass is 9.85. The van der Waals surface area contributed by atoms with E-state index in [4.69, 9.17) is 9.57 Å². The minimum atomic E-state index is -0.766. The van der Waals surface area contributed by atoms with Crippen LogP contribution in [0, 0.1) is 17.8 Å². The van der Waals surface area contributed by atoms with Gasteiger partial charge in [-0.1, -0.05) is 27.7 Å². The number of carboxylic acids is 1. The zero-order valence-electron chi connectivity index (χ0n) is 13.1. The zero-order chi connectivity index (χ0) is 15.1. The van der Waals surface area contributed by atoms with E-state index in [1.807, 2.05) is 27.7 Å². The minimum Gasteiger partial charge on any atom is -0.481 e. The molecule has 0 saturated carbocycles. The van der Waals surface area contributed by atoms with Crippen LogP contribution in [0.5, 0.6) is 0 Å². The fourth-order valence-corrected chi connectivity index (χ4v) is 2.55. The Bertz CT molecular complexity index is 288. The smallest absolute Gasteiger partial charge is 0.308 e. The van der Waals surface area contributed by atoms with Crippen LogP contribution in [0.3, 0.4) is 0 Å². The number of rotatable bonds is 8. The molecular weight excluding hydrogens is 258 g/mol. The quantitative estimate of drug-likeness (QED) is 0.672. The van der Waals surface area contributed by atoms with Gasteiger partial charge in [0, 0.05) is 19.1 Å². The summed E-state index contributed by atoms with van der Waals surface area (Å²) in [5.74, 6) is -0.694. The molecule has 1 aliphatic heterocycles. The topological polar surface area (TPSA) is 67.8 Å². The van der Waals surface area contributed by atoms with Gasteiger partial charge in [0.1, 0.15) is 0 Å². The van der Waals surface area contributed by atoms with Crippen LogP contribution in [0.4, 0.5) is 0 Å². The summed E-state index contributed by atoms with van der Waals surface area (Å²) >= 11 is 0. The molecule has 2 N–H and O–H groups in total. The third kappa shape index (κ3) is 5.77. The first-order valence-corrected chi connectivity index (χ1v) is 7.67. The Morgan fingerprint density at radius 3 is 2.50 bits per heavy atom. The van der Waals surface area contributed by atoms with Gasteiger partial charge in [-0.05, 0) is 31.1 Å². The fraction of sp³-hybridized carbons (Fsp3) is 0.933. The molecule has 0 bridgehead atoms. The van der Waals surface area contributed by atoms with Gasteiger partial charge in [0.15, 0.2) is 6.29 Å². The van der Waals surface area contributed by atoms with Crippen LogP contribution in [-0.4, -0.2) is 30.0 Å². The largest absolute Gasteiger partial charge is 0.481 e. The number of hydrogen-bond donors (Lipinski definition) is 2. The highest BCUT2D eigenvalue weighted by Gasteiger charge is 2.32. The van der Waals surface area contributed by atoms with Crippen molar-refractivity contribution in [2.45, 2.75) is 65.7 Å². The second kappa shape index (κ2) is 8.60. The average molecular weight is 287 g/mol. The zero-order valence-corrected chi connectivity index (χ0v) is 13.1. The Kier molecular flexibility index (Phi) is 7.48. The van der Waals surface area contributed by atoms with E-state index >= 15 is 0 Å². The first kappa shape index (κ1) is 17.4. The maximum absolute atomic E-state index is 11.5. The predicted molar refractivity (Wildman–Crippen MR) is 77.0 cm³/mol. The SMILES string of the molecule is CC(C)CC(C(=O)O)[C@@H](NOC1CCCCO1)C(C)C. The summed E-state index contributed by atoms with van der Waals surface area (Å²) in [5.41, 5.74) is 2.97. The van der Waals surface area contributed by atoms with Gasteiger partial charge in [0.2, 0.25) is 0 Å². The molecule has 0 aromatic rings. The number of nitrogens with one attached hydrogen (secondary N) is 1. The number of carboxylic acid groups (broad SMARTS) is 1. The minimum absolute atomic E-state index is 0.179. The molecule has 0 spiro atoms. The summed E-state index contributed by atoms with van der Waals surface area (Å²) in [5, 5.41) is 9.45. The van der Waals surface area contributed by atoms with Crippen molar-refractivity contribution in [3.8, 4) is 0 Å². The molecule has 1 rings (SSSR count). The van der Waals surface area contributed by atoms with E-state index in [1.54, 1.807) is 0 Å². The molecule has 1 fully saturated rings. The van der Waals surface area contributed by atoms with Crippen molar-refractivity contribution < 1.29 is 19.5 Å². The summed E-state index contributed by atoms with van der Waals surface area (Å²) in [6, 6.07) is -0.208. The number of carbonyl (C=O) groups is 1. The second-order valence-electron chi connectivity index (χ2n) is 6.38. The molecule has 0 aromatic carbocycles. The van der Waals surface area contributed by atoms with Crippen LogP contribution in [0.25, 0.3) is 0 Å². The molecule has 5 heteroatoms. The van der Waals surface area contributed by atoms with Crippen molar-refractivity contribution in [3.05, 3.63) is 0 Å². The molecule has 5 nitrogen and oxygen atoms in total. The van der Waals surface area contributed by atoms with Crippen molar-refractivity contribution in [1.29, 1.82) is 0 Å². The van der Waals surface area contributed by atoms with E-state index in [-0.39, 0.29) is 18.2 Å². The Morgan fingerprint density at radius 1 is 1.35 bits per heavy atom. The summed E-state index contributed by atoms with van der Waals surface area (Å²) in [7, 11) is 0. The summed E-state index contributed by atoms with van der Waals surface area (Å²) in [6.07, 6.45) is 3.41. The number of hydroxylamine groups is 1. The normalized spacial score (nSPS) is 23.0. The molecule has 1 heterocycles. The maximum Gasteiger partial charge on any atom is 0.308 e. The van der Waals surface area contributed by atoms with Gasteiger partial charge in [-0.3, -0.25) is 9.63 Å². The third-order valence-electron chi connectivity index (χ3n) is 3.67. The van der Waals surface area contributed by atoms with E-state index in [9.17, 15) is 9.90 Å². The van der Waals surface area contributed by atoms with E-state index in [2.05, 4.69) is 5.48 Å². The third-order valence-corrected chi connectivity index (χ3v) is 3.67. The molecule has 1 saturated heterocycles. The molecule has 3 atom stereocenters. The summed E-state index contributed by atoms with van der Waals surface area (Å²) in [6.45, 7) is 8.82. The van der Waals surface area contributed by atoms with Crippen LogP contribution < -0.4 is 5.48 Å². The monoisotopic (exact) mass is 287 g/mol. The van der Waals surface area contributed by atoms with Gasteiger partial charge in [-0.25, -0.2) is 0 Å². The Hall–Kier alpha value is -0.650. The van der Waals surface area contributed by atoms with Crippen molar-refractivity contribution in [2.24, 2.45) is 17.8 Å². The van der Waals surface area contributed by atoms with E-state index < -0.39 is 11.9 Å². The van der Waals surface area contributed by atoms with Crippen molar-refractivity contribution in [2.75, 3.05) is 6.61 Å². The molecular formula is C15H29NO4. The number of aliphatic carboxylic acids is 1. The summed E-state index contributed by atoms with van der Waals surface area (Å²) in [4.78, 5) is 17.1. The van der Waals surface area contributed by atoms with Crippen molar-refractivity contribution in [1.82, 2.24) is 5.48 Å². The van der Waals surface area contributed by atoms with Gasteiger partial charge >= 0.3 is 5.97 Å². The van der Waals surface area contributed by atoms with E-state index in [0.29, 0.717) is 18.9 Å². The lowest BCUT2D eigenvalue weighted by Gasteiger charge is -2.31. The van der Waals surface area contributed by atoms with Crippen LogP contribution in [-0.2, 0) is 14.4 Å². The summed E-state index contributed by atoms with van der Waals surface area (Å²) < 4.78 is 5.50. The van der Waals surface area contributed by atoms with Crippen molar-refractivity contribution in [3.63, 3.8) is 0 Å². The van der Waals surface area contributed by atoms with Crippen LogP contribution in [0.15, 0.2) is 0 Å². The fourth-order valence-electron chi connectivity index (χ4n) is 2.55. The van der Waals surface area contributed by atoms with E-state index in [0.717, 1.165) is 19.3 Å². The molecule has 0 aromatic heterocycles. The highest BCUT2D eigenvalue weighted by Crippen LogP contribution is 2.22. The highest BCUT2D eigenvalue weighted by molar-refractivity contribution is 5.70. The molecule has 118 valence electrons. The van der Waals surface area contributed by atoms with Gasteiger partial charge in [-0.15, -0.1) is 0 Å². The molecule has 20 heavy (non-hydrogen) atoms. The Morgan fingerprint density at radius 2 is 2.05 bits per heavy atom. The van der Waals surface area contributed by atoms with Crippen molar-refractivity contribution >= 4 is 5.97 Å². The van der Waals surface area contributed by atoms with Crippen LogP contribution in [0.2, 0.25) is 0 Å². The molecule has 0 amide bonds. The lowest BCUT2D eigenvalue weighted by Crippen LogP contribution is -2.46. The number of ether oxygens (including phenoxy) is 1. The molecule has 2 unspecified atom stereocenters. The first-order chi connectivity index (χ1) is 9.41. The average Bonchev–Trinajstić information content (AvgIpc) is 2.38. The number of hydrogen-bond acceptors (Lipinski definition) is 4. The highest BCUT2D eigenvalue weighted by atomic mass is 16.8. The van der Waals surface area contributed by atoms with E-state index in [1.165, 1.54) is 0 Å². The predicted octanol–water partition coefficient (Wildman–Crippen LogP) is 2.81. The maximum atomic E-state index is 11.5. The lowest BCUT2D eigenvalue weighted by molar-refractivity contribution is -0.210. The van der Waals surface area contributed by atoms with Gasteiger partial charge < -0.3 is 9.84 Å². The molecule has 0 radical (unpaired) electrons. The standard InChI is InChI=1S/C15H29NO4/c1-10(2)9-12(15(17)18)14(11(3)4)16-20-13-7-5-6-8-19-13/h10-14,16H,5-9H2,1-4H3,(H,17,18)/t12?,13?,14-/m0/s1. The molecule has 1 aliphatic rings. The Labute approximate surface area is 122 Å². The molecule has 0 aliphatic carbocycles. The first-order valence-electron chi connectivity index (χ1n) is 7.67. The van der Waals surface area contributed by atoms with Crippen LogP contribution in [0.1, 0.15) is 53.4 Å².